The van der Waals surface area contributed by atoms with E-state index in [0.29, 0.717) is 11.4 Å². The van der Waals surface area contributed by atoms with Crippen LogP contribution in [0.25, 0.3) is 0 Å². The normalized spacial score (nSPS) is 26.0. The predicted octanol–water partition coefficient (Wildman–Crippen LogP) is 4.94. The van der Waals surface area contributed by atoms with E-state index in [0.717, 1.165) is 29.7 Å². The Morgan fingerprint density at radius 3 is 2.93 bits per heavy atom. The fourth-order valence-electron chi connectivity index (χ4n) is 4.18. The average molecular weight is 441 g/mol. The van der Waals surface area contributed by atoms with Crippen LogP contribution in [-0.2, 0) is 23.1 Å². The summed E-state index contributed by atoms with van der Waals surface area (Å²) < 4.78 is 49.5. The van der Waals surface area contributed by atoms with E-state index in [1.807, 2.05) is 6.07 Å². The maximum Gasteiger partial charge on any atom is 0.297 e. The van der Waals surface area contributed by atoms with Gasteiger partial charge in [0.2, 0.25) is 0 Å². The molecule has 29 heavy (non-hydrogen) atoms. The molecule has 4 rings (SSSR count). The number of alkyl halides is 2. The molecule has 8 heteroatoms. The van der Waals surface area contributed by atoms with E-state index < -0.39 is 23.9 Å². The van der Waals surface area contributed by atoms with Gasteiger partial charge in [-0.3, -0.25) is 4.98 Å². The number of benzene rings is 1. The number of rotatable bonds is 3. The van der Waals surface area contributed by atoms with Gasteiger partial charge in [-0.1, -0.05) is 36.0 Å². The number of pyridine rings is 1. The lowest BCUT2D eigenvalue weighted by Crippen LogP contribution is -2.56. The lowest BCUT2D eigenvalue weighted by Gasteiger charge is -2.37. The fourth-order valence-corrected chi connectivity index (χ4v) is 4.65. The highest BCUT2D eigenvalue weighted by molar-refractivity contribution is 7.80. The lowest BCUT2D eigenvalue weighted by atomic mass is 9.83. The number of aromatic nitrogens is 1. The van der Waals surface area contributed by atoms with E-state index in [1.165, 1.54) is 19.1 Å². The maximum absolute atomic E-state index is 14.9. The minimum Gasteiger partial charge on any atom is -0.368 e. The molecule has 0 radical (unpaired) electrons. The Bertz CT molecular complexity index is 971. The van der Waals surface area contributed by atoms with Crippen LogP contribution < -0.4 is 5.32 Å². The lowest BCUT2D eigenvalue weighted by molar-refractivity contribution is -0.120. The number of nitrogens with zero attached hydrogens (tertiary/aromatic N) is 1. The van der Waals surface area contributed by atoms with Gasteiger partial charge < -0.3 is 10.1 Å². The molecule has 0 spiro atoms. The van der Waals surface area contributed by atoms with Gasteiger partial charge in [0.25, 0.3) is 5.92 Å². The number of hydrogen-bond acceptors (Lipinski definition) is 3. The van der Waals surface area contributed by atoms with Crippen molar-refractivity contribution in [2.24, 2.45) is 0 Å². The molecule has 0 unspecified atom stereocenters. The van der Waals surface area contributed by atoms with Crippen molar-refractivity contribution in [2.75, 3.05) is 13.2 Å². The van der Waals surface area contributed by atoms with Gasteiger partial charge in [0.15, 0.2) is 0 Å². The van der Waals surface area contributed by atoms with Gasteiger partial charge >= 0.3 is 0 Å². The molecular formula is C21H20ClF3N2OS. The largest absolute Gasteiger partial charge is 0.368 e. The van der Waals surface area contributed by atoms with Gasteiger partial charge in [0.1, 0.15) is 23.0 Å². The number of halogens is 4. The highest BCUT2D eigenvalue weighted by Crippen LogP contribution is 2.41. The standard InChI is InChI=1S/C21H20ClF3N2OS/c1-20(21(24,25)11-28-10-18(29)27-20)16-7-12(2-5-17(16)23)6-13-3-4-14-8-15(22)9-26-19(13)14/h2,5,7-9,13H,3-4,6,10-11H2,1H3,(H,27,29)/t13-,20-/m1/s1. The summed E-state index contributed by atoms with van der Waals surface area (Å²) in [5.74, 6) is -3.91. The molecule has 3 nitrogen and oxygen atoms in total. The van der Waals surface area contributed by atoms with Gasteiger partial charge in [0.05, 0.1) is 11.6 Å². The summed E-state index contributed by atoms with van der Waals surface area (Å²) in [6, 6.07) is 6.31. The van der Waals surface area contributed by atoms with Crippen molar-refractivity contribution in [3.05, 3.63) is 63.7 Å². The number of thiocarbonyl (C=S) groups is 1. The molecule has 1 saturated heterocycles. The van der Waals surface area contributed by atoms with Crippen molar-refractivity contribution >= 4 is 28.8 Å². The molecule has 154 valence electrons. The van der Waals surface area contributed by atoms with Crippen LogP contribution in [0.15, 0.2) is 30.5 Å². The van der Waals surface area contributed by atoms with Crippen molar-refractivity contribution < 1.29 is 17.9 Å². The number of ether oxygens (including phenoxy) is 1. The molecule has 1 aromatic heterocycles. The van der Waals surface area contributed by atoms with Gasteiger partial charge in [-0.2, -0.15) is 0 Å². The van der Waals surface area contributed by atoms with Gasteiger partial charge in [-0.25, -0.2) is 13.2 Å². The number of fused-ring (bicyclic) bond motifs is 1. The summed E-state index contributed by atoms with van der Waals surface area (Å²) in [5.41, 5.74) is 0.733. The second-order valence-corrected chi connectivity index (χ2v) is 8.75. The zero-order chi connectivity index (χ0) is 20.8. The Balaban J connectivity index is 1.68. The van der Waals surface area contributed by atoms with E-state index in [1.54, 1.807) is 12.3 Å². The first-order valence-electron chi connectivity index (χ1n) is 9.39. The summed E-state index contributed by atoms with van der Waals surface area (Å²) in [6.45, 7) is 0.320. The van der Waals surface area contributed by atoms with Crippen LogP contribution in [0.2, 0.25) is 5.02 Å². The van der Waals surface area contributed by atoms with Gasteiger partial charge in [0, 0.05) is 23.4 Å². The van der Waals surface area contributed by atoms with Crippen LogP contribution in [-0.4, -0.2) is 29.1 Å². The molecular weight excluding hydrogens is 421 g/mol. The number of nitrogens with one attached hydrogen (secondary N) is 1. The van der Waals surface area contributed by atoms with E-state index >= 15 is 0 Å². The summed E-state index contributed by atoms with van der Waals surface area (Å²) in [4.78, 5) is 4.58. The van der Waals surface area contributed by atoms with E-state index in [4.69, 9.17) is 28.6 Å². The molecule has 0 saturated carbocycles. The second-order valence-electron chi connectivity index (χ2n) is 7.82. The number of hydrogen-bond donors (Lipinski definition) is 1. The summed E-state index contributed by atoms with van der Waals surface area (Å²) in [7, 11) is 0. The fraction of sp³-hybridized carbons (Fsp3) is 0.429. The molecule has 1 N–H and O–H groups in total. The van der Waals surface area contributed by atoms with Crippen molar-refractivity contribution in [1.29, 1.82) is 0 Å². The Morgan fingerprint density at radius 1 is 1.34 bits per heavy atom. The molecule has 1 aromatic carbocycles. The highest BCUT2D eigenvalue weighted by Gasteiger charge is 2.54. The summed E-state index contributed by atoms with van der Waals surface area (Å²) >= 11 is 11.1. The monoisotopic (exact) mass is 440 g/mol. The quantitative estimate of drug-likeness (QED) is 0.685. The SMILES string of the molecule is C[C@]1(c2cc(C[C@H]3CCc4cc(Cl)cnc43)ccc2F)NC(=S)COCC1(F)F. The molecule has 2 atom stereocenters. The van der Waals surface area contributed by atoms with Crippen LogP contribution in [0, 0.1) is 5.82 Å². The van der Waals surface area contributed by atoms with Crippen molar-refractivity contribution in [1.82, 2.24) is 10.3 Å². The first-order valence-corrected chi connectivity index (χ1v) is 10.2. The summed E-state index contributed by atoms with van der Waals surface area (Å²) in [5, 5.41) is 3.23. The van der Waals surface area contributed by atoms with Gasteiger partial charge in [-0.05, 0) is 49.4 Å². The molecule has 1 aliphatic carbocycles. The third-order valence-corrected chi connectivity index (χ3v) is 6.23. The molecule has 0 amide bonds. The zero-order valence-electron chi connectivity index (χ0n) is 15.8. The molecule has 2 aromatic rings. The first-order chi connectivity index (χ1) is 13.7. The van der Waals surface area contributed by atoms with Crippen molar-refractivity contribution in [2.45, 2.75) is 43.6 Å². The number of aryl methyl sites for hydroxylation is 1. The third kappa shape index (κ3) is 3.76. The zero-order valence-corrected chi connectivity index (χ0v) is 17.3. The molecule has 2 heterocycles. The smallest absolute Gasteiger partial charge is 0.297 e. The Kier molecular flexibility index (Phi) is 5.34. The summed E-state index contributed by atoms with van der Waals surface area (Å²) in [6.07, 6.45) is 3.95. The third-order valence-electron chi connectivity index (χ3n) is 5.81. The minimum atomic E-state index is -3.34. The topological polar surface area (TPSA) is 34.2 Å². The highest BCUT2D eigenvalue weighted by atomic mass is 35.5. The van der Waals surface area contributed by atoms with Crippen LogP contribution in [0.3, 0.4) is 0 Å². The van der Waals surface area contributed by atoms with Gasteiger partial charge in [-0.15, -0.1) is 0 Å². The van der Waals surface area contributed by atoms with Crippen LogP contribution in [0.5, 0.6) is 0 Å². The Hall–Kier alpha value is -1.70. The average Bonchev–Trinajstić information content (AvgIpc) is 2.99. The van der Waals surface area contributed by atoms with Crippen LogP contribution in [0.1, 0.15) is 41.6 Å². The molecule has 1 aliphatic heterocycles. The first kappa shape index (κ1) is 20.6. The molecule has 1 fully saturated rings. The molecule has 2 aliphatic rings. The second kappa shape index (κ2) is 7.52. The van der Waals surface area contributed by atoms with Crippen molar-refractivity contribution in [3.8, 4) is 0 Å². The Labute approximate surface area is 177 Å². The van der Waals surface area contributed by atoms with E-state index in [-0.39, 0.29) is 23.1 Å². The van der Waals surface area contributed by atoms with E-state index in [9.17, 15) is 13.2 Å². The molecule has 0 bridgehead atoms. The van der Waals surface area contributed by atoms with E-state index in [2.05, 4.69) is 10.3 Å². The maximum atomic E-state index is 14.9. The van der Waals surface area contributed by atoms with Crippen molar-refractivity contribution in [3.63, 3.8) is 0 Å². The predicted molar refractivity (Wildman–Crippen MR) is 109 cm³/mol. The van der Waals surface area contributed by atoms with Crippen LogP contribution in [0.4, 0.5) is 13.2 Å². The Morgan fingerprint density at radius 2 is 2.14 bits per heavy atom. The van der Waals surface area contributed by atoms with Crippen LogP contribution >= 0.6 is 23.8 Å². The minimum absolute atomic E-state index is 0.116.